The largest absolute Gasteiger partial charge is 0.457 e. The van der Waals surface area contributed by atoms with Crippen LogP contribution in [-0.4, -0.2) is 136 Å². The summed E-state index contributed by atoms with van der Waals surface area (Å²) in [6.07, 6.45) is -17.1. The third kappa shape index (κ3) is 13.7. The molecule has 2 saturated heterocycles. The molecule has 2 heterocycles. The van der Waals surface area contributed by atoms with E-state index < -0.39 is 131 Å². The maximum Gasteiger partial charge on any atom is 0.397 e. The first-order chi connectivity index (χ1) is 22.5. The predicted octanol–water partition coefficient (Wildman–Crippen LogP) is -2.75. The van der Waals surface area contributed by atoms with Crippen LogP contribution in [0.4, 0.5) is 0 Å². The van der Waals surface area contributed by atoms with Gasteiger partial charge in [-0.1, -0.05) is 0 Å². The smallest absolute Gasteiger partial charge is 0.397 e. The van der Waals surface area contributed by atoms with Gasteiger partial charge in [0.15, 0.2) is 30.7 Å². The summed E-state index contributed by atoms with van der Waals surface area (Å²) in [6.45, 7) is 3.21. The second-order valence-electron chi connectivity index (χ2n) is 10.2. The summed E-state index contributed by atoms with van der Waals surface area (Å²) in [7, 11) is -10.4. The highest BCUT2D eigenvalue weighted by Crippen LogP contribution is 2.35. The Labute approximate surface area is 278 Å². The number of hydrogen-bond donors (Lipinski definition) is 3. The van der Waals surface area contributed by atoms with Gasteiger partial charge in [-0.3, -0.25) is 37.9 Å². The van der Waals surface area contributed by atoms with Crippen molar-refractivity contribution in [3.63, 3.8) is 0 Å². The first-order valence-corrected chi connectivity index (χ1v) is 16.5. The molecule has 280 valence electrons. The number of nitrogens with one attached hydrogen (secondary N) is 1. The first-order valence-electron chi connectivity index (χ1n) is 13.8. The monoisotopic (exact) mass is 753 g/mol. The van der Waals surface area contributed by atoms with Crippen molar-refractivity contribution in [2.45, 2.75) is 103 Å². The Hall–Kier alpha value is -3.56. The molecule has 0 saturated carbocycles. The summed E-state index contributed by atoms with van der Waals surface area (Å²) in [4.78, 5) is 72.8. The maximum atomic E-state index is 12.3. The molecule has 23 nitrogen and oxygen atoms in total. The third-order valence-electron chi connectivity index (χ3n) is 6.15. The number of amides is 1. The Morgan fingerprint density at radius 3 is 1.37 bits per heavy atom. The van der Waals surface area contributed by atoms with Crippen molar-refractivity contribution in [3.05, 3.63) is 0 Å². The highest BCUT2D eigenvalue weighted by molar-refractivity contribution is 7.81. The molecule has 2 fully saturated rings. The van der Waals surface area contributed by atoms with E-state index in [-0.39, 0.29) is 0 Å². The highest BCUT2D eigenvalue weighted by Gasteiger charge is 2.57. The number of ether oxygens (including phenoxy) is 8. The quantitative estimate of drug-likeness (QED) is 0.0920. The van der Waals surface area contributed by atoms with Crippen LogP contribution in [0.2, 0.25) is 0 Å². The molecule has 0 spiro atoms. The second kappa shape index (κ2) is 17.4. The maximum absolute atomic E-state index is 12.3. The lowest BCUT2D eigenvalue weighted by Gasteiger charge is -2.48. The SMILES string of the molecule is CC(=O)N[C@H]1[C@H](OC(C)=O)O[C@H](COS(=O)(=O)O)[C@@H](O[C@@H]2O[C@H](COS(=O)(=O)O)[C@H](OC(C)=O)[C@H](OC(C)=O)[C@H]2OC(C)=O)[C@@H]1OC(C)=O. The van der Waals surface area contributed by atoms with Gasteiger partial charge in [-0.25, -0.2) is 8.37 Å². The molecule has 10 atom stereocenters. The molecule has 0 aromatic heterocycles. The van der Waals surface area contributed by atoms with E-state index in [0.29, 0.717) is 0 Å². The fraction of sp³-hybridized carbons (Fsp3) is 0.750. The van der Waals surface area contributed by atoms with Gasteiger partial charge in [0.05, 0.1) is 13.2 Å². The van der Waals surface area contributed by atoms with Crippen LogP contribution in [0.5, 0.6) is 0 Å². The number of hydrogen-bond acceptors (Lipinski definition) is 20. The third-order valence-corrected chi connectivity index (χ3v) is 7.02. The molecule has 0 radical (unpaired) electrons. The van der Waals surface area contributed by atoms with Gasteiger partial charge in [0, 0.05) is 41.5 Å². The average Bonchev–Trinajstić information content (AvgIpc) is 2.90. The van der Waals surface area contributed by atoms with E-state index in [4.69, 9.17) is 37.9 Å². The lowest BCUT2D eigenvalue weighted by Crippen LogP contribution is -2.69. The number of esters is 5. The molecular formula is C24H35NO22S2. The molecule has 0 aromatic carbocycles. The van der Waals surface area contributed by atoms with Crippen LogP contribution in [-0.2, 0) is 95.8 Å². The van der Waals surface area contributed by atoms with Crippen molar-refractivity contribution in [1.82, 2.24) is 5.32 Å². The molecule has 0 unspecified atom stereocenters. The van der Waals surface area contributed by atoms with Gasteiger partial charge in [-0.15, -0.1) is 0 Å². The van der Waals surface area contributed by atoms with Crippen molar-refractivity contribution in [1.29, 1.82) is 0 Å². The van der Waals surface area contributed by atoms with E-state index >= 15 is 0 Å². The van der Waals surface area contributed by atoms with Crippen molar-refractivity contribution in [2.75, 3.05) is 13.2 Å². The summed E-state index contributed by atoms with van der Waals surface area (Å²) in [6, 6.07) is -1.63. The number of carbonyl (C=O) groups excluding carboxylic acids is 6. The first kappa shape index (κ1) is 41.6. The molecule has 3 N–H and O–H groups in total. The van der Waals surface area contributed by atoms with Crippen LogP contribution in [0.25, 0.3) is 0 Å². The fourth-order valence-corrected chi connectivity index (χ4v) is 5.36. The number of rotatable bonds is 14. The average molecular weight is 754 g/mol. The summed E-state index contributed by atoms with van der Waals surface area (Å²) < 4.78 is 117. The zero-order chi connectivity index (χ0) is 37.4. The lowest BCUT2D eigenvalue weighted by atomic mass is 9.94. The topological polar surface area (TPSA) is 315 Å². The fourth-order valence-electron chi connectivity index (χ4n) is 4.75. The van der Waals surface area contributed by atoms with Crippen molar-refractivity contribution in [3.8, 4) is 0 Å². The molecule has 2 aliphatic rings. The zero-order valence-corrected chi connectivity index (χ0v) is 28.2. The van der Waals surface area contributed by atoms with Crippen LogP contribution < -0.4 is 5.32 Å². The molecular weight excluding hydrogens is 718 g/mol. The Morgan fingerprint density at radius 1 is 0.551 bits per heavy atom. The van der Waals surface area contributed by atoms with Crippen LogP contribution in [0.1, 0.15) is 41.5 Å². The summed E-state index contributed by atoms with van der Waals surface area (Å²) in [5.41, 5.74) is 0. The Bertz CT molecular complexity index is 1460. The van der Waals surface area contributed by atoms with Crippen LogP contribution in [0, 0.1) is 0 Å². The summed E-state index contributed by atoms with van der Waals surface area (Å²) in [5, 5.41) is 2.33. The van der Waals surface area contributed by atoms with Crippen molar-refractivity contribution in [2.24, 2.45) is 0 Å². The van der Waals surface area contributed by atoms with Crippen molar-refractivity contribution < 1.29 is 101 Å². The van der Waals surface area contributed by atoms with E-state index in [1.807, 2.05) is 0 Å². The van der Waals surface area contributed by atoms with Gasteiger partial charge >= 0.3 is 50.6 Å². The summed E-state index contributed by atoms with van der Waals surface area (Å²) >= 11 is 0. The van der Waals surface area contributed by atoms with Gasteiger partial charge < -0.3 is 43.2 Å². The van der Waals surface area contributed by atoms with Gasteiger partial charge in [0.25, 0.3) is 0 Å². The standard InChI is InChI=1S/C24H35NO22S2/c1-9(26)25-17-20(41-11(3)28)18(15(7-38-48(32,33)34)45-23(17)44-14(6)31)47-24-22(43-13(5)30)21(42-12(4)29)19(40-10(2)27)16(46-24)8-39-49(35,36)37/h15-24H,7-8H2,1-6H3,(H,25,26)(H,32,33,34)(H,35,36,37)/t15-,16-,17-,18-,19+,20-,21+,22-,23-,24+/m1/s1. The highest BCUT2D eigenvalue weighted by atomic mass is 32.3. The van der Waals surface area contributed by atoms with Crippen LogP contribution >= 0.6 is 0 Å². The van der Waals surface area contributed by atoms with E-state index in [1.165, 1.54) is 0 Å². The Kier molecular flexibility index (Phi) is 14.8. The van der Waals surface area contributed by atoms with E-state index in [2.05, 4.69) is 13.7 Å². The number of carbonyl (C=O) groups is 6. The van der Waals surface area contributed by atoms with Gasteiger partial charge in [0.1, 0.15) is 24.4 Å². The Balaban J connectivity index is 2.79. The molecule has 49 heavy (non-hydrogen) atoms. The summed E-state index contributed by atoms with van der Waals surface area (Å²) in [5.74, 6) is -6.05. The molecule has 25 heteroatoms. The van der Waals surface area contributed by atoms with Crippen molar-refractivity contribution >= 4 is 56.6 Å². The molecule has 1 amide bonds. The van der Waals surface area contributed by atoms with Gasteiger partial charge in [0.2, 0.25) is 12.2 Å². The normalized spacial score (nSPS) is 30.3. The molecule has 0 aliphatic carbocycles. The minimum absolute atomic E-state index is 0.803. The molecule has 2 rings (SSSR count). The minimum Gasteiger partial charge on any atom is -0.457 e. The van der Waals surface area contributed by atoms with E-state index in [0.717, 1.165) is 41.5 Å². The molecule has 2 aliphatic heterocycles. The lowest BCUT2D eigenvalue weighted by molar-refractivity contribution is -0.346. The van der Waals surface area contributed by atoms with Gasteiger partial charge in [-0.2, -0.15) is 16.8 Å². The van der Waals surface area contributed by atoms with Crippen LogP contribution in [0.15, 0.2) is 0 Å². The Morgan fingerprint density at radius 2 is 0.939 bits per heavy atom. The molecule has 0 aromatic rings. The van der Waals surface area contributed by atoms with E-state index in [1.54, 1.807) is 0 Å². The zero-order valence-electron chi connectivity index (χ0n) is 26.6. The molecule has 0 bridgehead atoms. The van der Waals surface area contributed by atoms with Gasteiger partial charge in [-0.05, 0) is 0 Å². The minimum atomic E-state index is -5.22. The van der Waals surface area contributed by atoms with E-state index in [9.17, 15) is 54.7 Å². The van der Waals surface area contributed by atoms with Crippen LogP contribution in [0.3, 0.4) is 0 Å². The second-order valence-corrected chi connectivity index (χ2v) is 12.4. The predicted molar refractivity (Wildman–Crippen MR) is 149 cm³/mol.